The van der Waals surface area contributed by atoms with Gasteiger partial charge in [0.05, 0.1) is 0 Å². The van der Waals surface area contributed by atoms with Crippen molar-refractivity contribution in [2.75, 3.05) is 11.1 Å². The maximum atomic E-state index is 3.51. The predicted octanol–water partition coefficient (Wildman–Crippen LogP) is 3.30. The summed E-state index contributed by atoms with van der Waals surface area (Å²) in [6.45, 7) is 2.33. The smallest absolute Gasteiger partial charge is 0.00574 e. The van der Waals surface area contributed by atoms with Gasteiger partial charge in [-0.05, 0) is 30.9 Å². The Bertz CT molecular complexity index is 89.3. The number of thioether (sulfide) groups is 1. The quantitative estimate of drug-likeness (QED) is 0.661. The molecule has 0 bridgehead atoms. The van der Waals surface area contributed by atoms with Gasteiger partial charge in [-0.2, -0.15) is 11.8 Å². The van der Waals surface area contributed by atoms with Gasteiger partial charge in [-0.25, -0.2) is 0 Å². The van der Waals surface area contributed by atoms with Gasteiger partial charge in [-0.15, -0.1) is 0 Å². The zero-order valence-electron chi connectivity index (χ0n) is 6.48. The molecule has 1 saturated heterocycles. The van der Waals surface area contributed by atoms with Crippen LogP contribution in [0.5, 0.6) is 0 Å². The van der Waals surface area contributed by atoms with Crippen LogP contribution in [0.15, 0.2) is 0 Å². The minimum atomic E-state index is 0.871. The molecule has 60 valence electrons. The summed E-state index contributed by atoms with van der Waals surface area (Å²) in [6, 6.07) is 0. The fourth-order valence-electron chi connectivity index (χ4n) is 1.34. The molecule has 2 unspecified atom stereocenters. The van der Waals surface area contributed by atoms with Crippen molar-refractivity contribution in [2.24, 2.45) is 5.92 Å². The molecule has 1 rings (SSSR count). The van der Waals surface area contributed by atoms with E-state index in [9.17, 15) is 0 Å². The summed E-state index contributed by atoms with van der Waals surface area (Å²) < 4.78 is 0. The summed E-state index contributed by atoms with van der Waals surface area (Å²) in [6.07, 6.45) is 4.32. The molecule has 1 fully saturated rings. The first kappa shape index (κ1) is 8.92. The van der Waals surface area contributed by atoms with Crippen molar-refractivity contribution in [3.05, 3.63) is 0 Å². The standard InChI is InChI=1S/C8H15BrS/c1-7(6-9)5-8-3-2-4-10-8/h7-8H,2-6H2,1H3. The molecule has 0 aromatic heterocycles. The lowest BCUT2D eigenvalue weighted by Gasteiger charge is -2.12. The fourth-order valence-corrected chi connectivity index (χ4v) is 3.07. The number of rotatable bonds is 3. The Morgan fingerprint density at radius 2 is 2.50 bits per heavy atom. The highest BCUT2D eigenvalue weighted by Gasteiger charge is 2.17. The number of alkyl halides is 1. The molecule has 0 saturated carbocycles. The maximum absolute atomic E-state index is 3.51. The lowest BCUT2D eigenvalue weighted by molar-refractivity contribution is 0.568. The van der Waals surface area contributed by atoms with E-state index in [4.69, 9.17) is 0 Å². The van der Waals surface area contributed by atoms with Crippen LogP contribution < -0.4 is 0 Å². The third-order valence-electron chi connectivity index (χ3n) is 1.95. The van der Waals surface area contributed by atoms with Crippen LogP contribution in [0.25, 0.3) is 0 Å². The molecule has 0 radical (unpaired) electrons. The lowest BCUT2D eigenvalue weighted by Crippen LogP contribution is -2.05. The highest BCUT2D eigenvalue weighted by Crippen LogP contribution is 2.31. The zero-order chi connectivity index (χ0) is 7.40. The molecule has 2 heteroatoms. The van der Waals surface area contributed by atoms with Gasteiger partial charge < -0.3 is 0 Å². The van der Waals surface area contributed by atoms with E-state index in [1.165, 1.54) is 30.3 Å². The third-order valence-corrected chi connectivity index (χ3v) is 4.48. The molecule has 1 aliphatic heterocycles. The van der Waals surface area contributed by atoms with Crippen molar-refractivity contribution in [3.8, 4) is 0 Å². The summed E-state index contributed by atoms with van der Waals surface area (Å²) >= 11 is 5.68. The molecule has 1 aliphatic rings. The van der Waals surface area contributed by atoms with Gasteiger partial charge >= 0.3 is 0 Å². The van der Waals surface area contributed by atoms with Crippen molar-refractivity contribution >= 4 is 27.7 Å². The Labute approximate surface area is 76.3 Å². The Morgan fingerprint density at radius 3 is 3.00 bits per heavy atom. The Hall–Kier alpha value is 0.830. The van der Waals surface area contributed by atoms with Crippen molar-refractivity contribution in [3.63, 3.8) is 0 Å². The predicted molar refractivity (Wildman–Crippen MR) is 53.1 cm³/mol. The number of halogens is 1. The highest BCUT2D eigenvalue weighted by molar-refractivity contribution is 9.09. The van der Waals surface area contributed by atoms with Gasteiger partial charge in [0.2, 0.25) is 0 Å². The highest BCUT2D eigenvalue weighted by atomic mass is 79.9. The molecular formula is C8H15BrS. The Balaban J connectivity index is 2.11. The summed E-state index contributed by atoms with van der Waals surface area (Å²) in [5.41, 5.74) is 0. The van der Waals surface area contributed by atoms with Crippen LogP contribution in [0, 0.1) is 5.92 Å². The van der Waals surface area contributed by atoms with Crippen LogP contribution in [-0.2, 0) is 0 Å². The van der Waals surface area contributed by atoms with Crippen molar-refractivity contribution in [1.82, 2.24) is 0 Å². The van der Waals surface area contributed by atoms with Crippen molar-refractivity contribution < 1.29 is 0 Å². The minimum Gasteiger partial charge on any atom is -0.159 e. The van der Waals surface area contributed by atoms with Gasteiger partial charge in [0.1, 0.15) is 0 Å². The maximum Gasteiger partial charge on any atom is 0.00574 e. The number of hydrogen-bond donors (Lipinski definition) is 0. The van der Waals surface area contributed by atoms with Gasteiger partial charge in [0.25, 0.3) is 0 Å². The van der Waals surface area contributed by atoms with E-state index in [1.54, 1.807) is 0 Å². The van der Waals surface area contributed by atoms with Crippen LogP contribution in [0.4, 0.5) is 0 Å². The second-order valence-corrected chi connectivity index (χ2v) is 5.19. The summed E-state index contributed by atoms with van der Waals surface area (Å²) in [7, 11) is 0. The fraction of sp³-hybridized carbons (Fsp3) is 1.00. The van der Waals surface area contributed by atoms with Crippen LogP contribution >= 0.6 is 27.7 Å². The van der Waals surface area contributed by atoms with E-state index in [1.807, 2.05) is 0 Å². The molecule has 0 aromatic rings. The van der Waals surface area contributed by atoms with E-state index >= 15 is 0 Å². The second kappa shape index (κ2) is 4.66. The molecule has 2 atom stereocenters. The summed E-state index contributed by atoms with van der Waals surface area (Å²) in [4.78, 5) is 0. The Morgan fingerprint density at radius 1 is 1.70 bits per heavy atom. The molecule has 10 heavy (non-hydrogen) atoms. The second-order valence-electron chi connectivity index (χ2n) is 3.13. The summed E-state index contributed by atoms with van der Waals surface area (Å²) in [5.74, 6) is 2.27. The molecule has 1 heterocycles. The minimum absolute atomic E-state index is 0.871. The van der Waals surface area contributed by atoms with Crippen molar-refractivity contribution in [1.29, 1.82) is 0 Å². The first-order valence-corrected chi connectivity index (χ1v) is 6.17. The molecule has 0 aliphatic carbocycles. The van der Waals surface area contributed by atoms with E-state index in [0.29, 0.717) is 0 Å². The normalized spacial score (nSPS) is 28.8. The molecule has 0 aromatic carbocycles. The van der Waals surface area contributed by atoms with Crippen LogP contribution in [-0.4, -0.2) is 16.3 Å². The molecule has 0 spiro atoms. The topological polar surface area (TPSA) is 0 Å². The molecular weight excluding hydrogens is 208 g/mol. The van der Waals surface area contributed by atoms with Crippen LogP contribution in [0.3, 0.4) is 0 Å². The van der Waals surface area contributed by atoms with Gasteiger partial charge in [-0.3, -0.25) is 0 Å². The third kappa shape index (κ3) is 2.83. The monoisotopic (exact) mass is 222 g/mol. The number of hydrogen-bond acceptors (Lipinski definition) is 1. The van der Waals surface area contributed by atoms with E-state index in [2.05, 4.69) is 34.6 Å². The molecule has 0 nitrogen and oxygen atoms in total. The van der Waals surface area contributed by atoms with Gasteiger partial charge in [0.15, 0.2) is 0 Å². The van der Waals surface area contributed by atoms with Crippen LogP contribution in [0.2, 0.25) is 0 Å². The molecule has 0 amide bonds. The largest absolute Gasteiger partial charge is 0.159 e. The SMILES string of the molecule is CC(CBr)CC1CCCS1. The van der Waals surface area contributed by atoms with E-state index in [-0.39, 0.29) is 0 Å². The first-order valence-electron chi connectivity index (χ1n) is 4.00. The van der Waals surface area contributed by atoms with Gasteiger partial charge in [-0.1, -0.05) is 22.9 Å². The first-order chi connectivity index (χ1) is 4.83. The lowest BCUT2D eigenvalue weighted by atomic mass is 10.1. The van der Waals surface area contributed by atoms with E-state index in [0.717, 1.165) is 11.2 Å². The molecule has 0 N–H and O–H groups in total. The summed E-state index contributed by atoms with van der Waals surface area (Å²) in [5, 5.41) is 2.15. The van der Waals surface area contributed by atoms with Crippen LogP contribution in [0.1, 0.15) is 26.2 Å². The zero-order valence-corrected chi connectivity index (χ0v) is 8.88. The Kier molecular flexibility index (Phi) is 4.15. The van der Waals surface area contributed by atoms with E-state index < -0.39 is 0 Å². The average Bonchev–Trinajstić information content (AvgIpc) is 2.40. The average molecular weight is 223 g/mol. The van der Waals surface area contributed by atoms with Gasteiger partial charge in [0, 0.05) is 10.6 Å². The van der Waals surface area contributed by atoms with Crippen molar-refractivity contribution in [2.45, 2.75) is 31.4 Å².